The lowest BCUT2D eigenvalue weighted by atomic mass is 10.2. The van der Waals surface area contributed by atoms with Crippen molar-refractivity contribution >= 4 is 45.7 Å². The van der Waals surface area contributed by atoms with Gasteiger partial charge in [0.25, 0.3) is 0 Å². The lowest BCUT2D eigenvalue weighted by Gasteiger charge is -2.10. The lowest BCUT2D eigenvalue weighted by molar-refractivity contribution is -0.114. The van der Waals surface area contributed by atoms with Gasteiger partial charge in [0, 0.05) is 18.7 Å². The Morgan fingerprint density at radius 2 is 1.92 bits per heavy atom. The average molecular weight is 368 g/mol. The number of benzene rings is 1. The summed E-state index contributed by atoms with van der Waals surface area (Å²) < 4.78 is 10.9. The fraction of sp³-hybridized carbons (Fsp3) is 0.286. The van der Waals surface area contributed by atoms with E-state index in [1.54, 1.807) is 25.3 Å². The number of aromatic nitrogens is 2. The second kappa shape index (κ2) is 8.50. The molecule has 0 bridgehead atoms. The van der Waals surface area contributed by atoms with Gasteiger partial charge in [0.15, 0.2) is 15.8 Å². The summed E-state index contributed by atoms with van der Waals surface area (Å²) in [6.45, 7) is 1.39. The molecule has 0 radical (unpaired) electrons. The summed E-state index contributed by atoms with van der Waals surface area (Å²) in [5.74, 6) is 0.886. The van der Waals surface area contributed by atoms with Crippen LogP contribution in [0.3, 0.4) is 0 Å². The first kappa shape index (κ1) is 18.0. The van der Waals surface area contributed by atoms with E-state index in [2.05, 4.69) is 20.8 Å². The third kappa shape index (κ3) is 5.10. The number of thioether (sulfide) groups is 1. The molecule has 0 saturated heterocycles. The Hall–Kier alpha value is -2.33. The molecule has 128 valence electrons. The van der Waals surface area contributed by atoms with Gasteiger partial charge in [-0.3, -0.25) is 9.59 Å². The molecule has 0 aliphatic rings. The number of carbonyl (C=O) groups is 2. The van der Waals surface area contributed by atoms with Crippen molar-refractivity contribution in [3.05, 3.63) is 18.2 Å². The third-order valence-electron chi connectivity index (χ3n) is 2.68. The van der Waals surface area contributed by atoms with E-state index in [-0.39, 0.29) is 17.6 Å². The molecular formula is C14H16N4O4S2. The van der Waals surface area contributed by atoms with E-state index in [0.29, 0.717) is 26.7 Å². The summed E-state index contributed by atoms with van der Waals surface area (Å²) in [5.41, 5.74) is 0.606. The van der Waals surface area contributed by atoms with Crippen LogP contribution >= 0.6 is 23.1 Å². The van der Waals surface area contributed by atoms with E-state index in [4.69, 9.17) is 9.47 Å². The number of anilines is 2. The molecule has 0 aliphatic heterocycles. The molecule has 2 rings (SSSR count). The predicted octanol–water partition coefficient (Wildman–Crippen LogP) is 2.24. The third-order valence-corrected chi connectivity index (χ3v) is 4.66. The quantitative estimate of drug-likeness (QED) is 0.571. The van der Waals surface area contributed by atoms with E-state index < -0.39 is 0 Å². The first-order chi connectivity index (χ1) is 11.5. The molecule has 0 saturated carbocycles. The number of amides is 2. The first-order valence-corrected chi connectivity index (χ1v) is 8.57. The smallest absolute Gasteiger partial charge is 0.234 e. The number of nitrogens with one attached hydrogen (secondary N) is 2. The van der Waals surface area contributed by atoms with Crippen LogP contribution in [0.5, 0.6) is 11.5 Å². The normalized spacial score (nSPS) is 10.1. The maximum Gasteiger partial charge on any atom is 0.234 e. The van der Waals surface area contributed by atoms with Crippen molar-refractivity contribution in [2.24, 2.45) is 0 Å². The number of ether oxygens (including phenoxy) is 2. The zero-order valence-corrected chi connectivity index (χ0v) is 14.9. The van der Waals surface area contributed by atoms with Crippen molar-refractivity contribution in [3.63, 3.8) is 0 Å². The van der Waals surface area contributed by atoms with Crippen LogP contribution in [0.1, 0.15) is 6.92 Å². The van der Waals surface area contributed by atoms with Crippen molar-refractivity contribution < 1.29 is 19.1 Å². The standard InChI is InChI=1S/C14H16N4O4S2/c1-8(19)15-13-17-18-14(24-13)23-7-12(20)16-9-4-5-10(21-2)11(6-9)22-3/h4-6H,7H2,1-3H3,(H,16,20)(H,15,17,19). The van der Waals surface area contributed by atoms with Gasteiger partial charge in [-0.15, -0.1) is 10.2 Å². The minimum atomic E-state index is -0.214. The van der Waals surface area contributed by atoms with Gasteiger partial charge in [-0.25, -0.2) is 0 Å². The Morgan fingerprint density at radius 3 is 2.58 bits per heavy atom. The molecule has 0 fully saturated rings. The summed E-state index contributed by atoms with van der Waals surface area (Å²) in [5, 5.41) is 13.4. The molecule has 10 heteroatoms. The van der Waals surface area contributed by atoms with E-state index in [0.717, 1.165) is 0 Å². The molecule has 0 atom stereocenters. The number of methoxy groups -OCH3 is 2. The van der Waals surface area contributed by atoms with Crippen molar-refractivity contribution in [1.82, 2.24) is 10.2 Å². The molecule has 24 heavy (non-hydrogen) atoms. The molecule has 1 aromatic carbocycles. The van der Waals surface area contributed by atoms with Gasteiger partial charge in [0.2, 0.25) is 16.9 Å². The van der Waals surface area contributed by atoms with Gasteiger partial charge in [-0.1, -0.05) is 23.1 Å². The summed E-state index contributed by atoms with van der Waals surface area (Å²) in [6.07, 6.45) is 0. The largest absolute Gasteiger partial charge is 0.493 e. The SMILES string of the molecule is COc1ccc(NC(=O)CSc2nnc(NC(C)=O)s2)cc1OC. The Bertz CT molecular complexity index is 735. The fourth-order valence-electron chi connectivity index (χ4n) is 1.71. The highest BCUT2D eigenvalue weighted by atomic mass is 32.2. The summed E-state index contributed by atoms with van der Waals surface area (Å²) in [7, 11) is 3.07. The van der Waals surface area contributed by atoms with Gasteiger partial charge in [-0.2, -0.15) is 0 Å². The molecule has 2 amide bonds. The minimum absolute atomic E-state index is 0.170. The Kier molecular flexibility index (Phi) is 6.38. The second-order valence-corrected chi connectivity index (χ2v) is 6.66. The molecule has 1 aromatic heterocycles. The van der Waals surface area contributed by atoms with Gasteiger partial charge in [0.1, 0.15) is 0 Å². The fourth-order valence-corrected chi connectivity index (χ4v) is 3.31. The van der Waals surface area contributed by atoms with Crippen molar-refractivity contribution in [3.8, 4) is 11.5 Å². The number of rotatable bonds is 7. The summed E-state index contributed by atoms with van der Waals surface area (Å²) >= 11 is 2.45. The highest BCUT2D eigenvalue weighted by Gasteiger charge is 2.10. The maximum absolute atomic E-state index is 12.0. The van der Waals surface area contributed by atoms with Crippen LogP contribution in [0.2, 0.25) is 0 Å². The van der Waals surface area contributed by atoms with E-state index in [1.165, 1.54) is 37.1 Å². The second-order valence-electron chi connectivity index (χ2n) is 4.46. The lowest BCUT2D eigenvalue weighted by Crippen LogP contribution is -2.14. The van der Waals surface area contributed by atoms with Crippen LogP contribution in [-0.2, 0) is 9.59 Å². The number of hydrogen-bond acceptors (Lipinski definition) is 8. The molecule has 0 unspecified atom stereocenters. The first-order valence-electron chi connectivity index (χ1n) is 6.77. The molecule has 8 nitrogen and oxygen atoms in total. The Labute approximate surface area is 146 Å². The summed E-state index contributed by atoms with van der Waals surface area (Å²) in [6, 6.07) is 5.12. The van der Waals surface area contributed by atoms with Crippen molar-refractivity contribution in [2.45, 2.75) is 11.3 Å². The van der Waals surface area contributed by atoms with E-state index in [9.17, 15) is 9.59 Å². The van der Waals surface area contributed by atoms with E-state index >= 15 is 0 Å². The van der Waals surface area contributed by atoms with Crippen molar-refractivity contribution in [1.29, 1.82) is 0 Å². The van der Waals surface area contributed by atoms with Gasteiger partial charge >= 0.3 is 0 Å². The monoisotopic (exact) mass is 368 g/mol. The van der Waals surface area contributed by atoms with E-state index in [1.807, 2.05) is 0 Å². The zero-order valence-electron chi connectivity index (χ0n) is 13.3. The van der Waals surface area contributed by atoms with Crippen LogP contribution in [-0.4, -0.2) is 42.0 Å². The van der Waals surface area contributed by atoms with Crippen LogP contribution < -0.4 is 20.1 Å². The van der Waals surface area contributed by atoms with Crippen LogP contribution in [0.25, 0.3) is 0 Å². The van der Waals surface area contributed by atoms with Crippen LogP contribution in [0, 0.1) is 0 Å². The van der Waals surface area contributed by atoms with Crippen LogP contribution in [0.4, 0.5) is 10.8 Å². The molecule has 0 spiro atoms. The Morgan fingerprint density at radius 1 is 1.17 bits per heavy atom. The van der Waals surface area contributed by atoms with Crippen molar-refractivity contribution in [2.75, 3.05) is 30.6 Å². The Balaban J connectivity index is 1.89. The molecule has 2 N–H and O–H groups in total. The summed E-state index contributed by atoms with van der Waals surface area (Å²) in [4.78, 5) is 22.9. The zero-order chi connectivity index (χ0) is 17.5. The molecule has 2 aromatic rings. The topological polar surface area (TPSA) is 102 Å². The number of nitrogens with zero attached hydrogens (tertiary/aromatic N) is 2. The maximum atomic E-state index is 12.0. The van der Waals surface area contributed by atoms with Gasteiger partial charge < -0.3 is 20.1 Å². The highest BCUT2D eigenvalue weighted by Crippen LogP contribution is 2.30. The number of carbonyl (C=O) groups excluding carboxylic acids is 2. The predicted molar refractivity (Wildman–Crippen MR) is 93.1 cm³/mol. The van der Waals surface area contributed by atoms with Gasteiger partial charge in [0.05, 0.1) is 20.0 Å². The van der Waals surface area contributed by atoms with Crippen LogP contribution in [0.15, 0.2) is 22.5 Å². The molecule has 0 aliphatic carbocycles. The highest BCUT2D eigenvalue weighted by molar-refractivity contribution is 8.01. The van der Waals surface area contributed by atoms with Gasteiger partial charge in [-0.05, 0) is 12.1 Å². The number of hydrogen-bond donors (Lipinski definition) is 2. The average Bonchev–Trinajstić information content (AvgIpc) is 2.99. The molecule has 1 heterocycles. The minimum Gasteiger partial charge on any atom is -0.493 e. The molecular weight excluding hydrogens is 352 g/mol.